The summed E-state index contributed by atoms with van der Waals surface area (Å²) in [5.74, 6) is -0.501. The molecule has 5 N–H and O–H groups in total. The summed E-state index contributed by atoms with van der Waals surface area (Å²) in [5, 5.41) is 6.99. The molecule has 0 saturated carbocycles. The molecule has 0 aliphatic carbocycles. The Bertz CT molecular complexity index is 358. The molecular weight excluding hydrogens is 169 g/mol. The van der Waals surface area contributed by atoms with Gasteiger partial charge in [0.2, 0.25) is 0 Å². The summed E-state index contributed by atoms with van der Waals surface area (Å²) in [6.07, 6.45) is 2.31. The average molecular weight is 179 g/mol. The van der Waals surface area contributed by atoms with Crippen molar-refractivity contribution in [1.29, 1.82) is 5.41 Å². The maximum atomic E-state index is 12.9. The van der Waals surface area contributed by atoms with Gasteiger partial charge in [-0.15, -0.1) is 0 Å². The summed E-state index contributed by atoms with van der Waals surface area (Å²) >= 11 is 0. The molecule has 1 aromatic carbocycles. The van der Waals surface area contributed by atoms with Crippen LogP contribution in [0, 0.1) is 11.2 Å². The second-order valence-corrected chi connectivity index (χ2v) is 2.50. The Morgan fingerprint density at radius 3 is 2.62 bits per heavy atom. The molecule has 1 rings (SSSR count). The van der Waals surface area contributed by atoms with Gasteiger partial charge in [0.1, 0.15) is 5.82 Å². The molecule has 0 aromatic heterocycles. The fourth-order valence-corrected chi connectivity index (χ4v) is 0.934. The van der Waals surface area contributed by atoms with E-state index < -0.39 is 5.82 Å². The molecule has 0 aliphatic rings. The third-order valence-corrected chi connectivity index (χ3v) is 1.67. The van der Waals surface area contributed by atoms with Crippen LogP contribution in [0.15, 0.2) is 24.4 Å². The normalized spacial score (nSPS) is 11.3. The van der Waals surface area contributed by atoms with Gasteiger partial charge in [-0.05, 0) is 17.7 Å². The summed E-state index contributed by atoms with van der Waals surface area (Å²) in [6, 6.07) is 4.30. The van der Waals surface area contributed by atoms with Gasteiger partial charge in [-0.1, -0.05) is 6.07 Å². The monoisotopic (exact) mass is 179 g/mol. The SMILES string of the molecule is N=C/C(=C\N)c1ccc(N)c(F)c1. The smallest absolute Gasteiger partial charge is 0.146 e. The number of rotatable bonds is 2. The second kappa shape index (κ2) is 3.71. The minimum absolute atomic E-state index is 0.0881. The highest BCUT2D eigenvalue weighted by atomic mass is 19.1. The lowest BCUT2D eigenvalue weighted by Gasteiger charge is -2.02. The van der Waals surface area contributed by atoms with Crippen LogP contribution in [0.5, 0.6) is 0 Å². The van der Waals surface area contributed by atoms with Gasteiger partial charge < -0.3 is 16.9 Å². The van der Waals surface area contributed by atoms with E-state index in [0.29, 0.717) is 11.1 Å². The highest BCUT2D eigenvalue weighted by molar-refractivity contribution is 6.08. The maximum Gasteiger partial charge on any atom is 0.146 e. The highest BCUT2D eigenvalue weighted by Gasteiger charge is 2.02. The first-order chi connectivity index (χ1) is 6.19. The molecule has 0 heterocycles. The van der Waals surface area contributed by atoms with Crippen molar-refractivity contribution < 1.29 is 4.39 Å². The van der Waals surface area contributed by atoms with E-state index in [9.17, 15) is 4.39 Å². The molecule has 13 heavy (non-hydrogen) atoms. The number of nitrogens with two attached hydrogens (primary N) is 2. The number of hydrogen-bond acceptors (Lipinski definition) is 3. The van der Waals surface area contributed by atoms with Crippen LogP contribution in [-0.2, 0) is 0 Å². The van der Waals surface area contributed by atoms with E-state index in [2.05, 4.69) is 0 Å². The van der Waals surface area contributed by atoms with Gasteiger partial charge in [0.25, 0.3) is 0 Å². The van der Waals surface area contributed by atoms with Crippen molar-refractivity contribution >= 4 is 17.5 Å². The number of anilines is 1. The predicted molar refractivity (Wildman–Crippen MR) is 51.8 cm³/mol. The summed E-state index contributed by atoms with van der Waals surface area (Å²) in [5.41, 5.74) is 11.6. The van der Waals surface area contributed by atoms with E-state index >= 15 is 0 Å². The minimum atomic E-state index is -0.501. The van der Waals surface area contributed by atoms with Crippen LogP contribution >= 0.6 is 0 Å². The molecule has 0 unspecified atom stereocenters. The van der Waals surface area contributed by atoms with Gasteiger partial charge in [-0.2, -0.15) is 0 Å². The van der Waals surface area contributed by atoms with Gasteiger partial charge in [-0.3, -0.25) is 0 Å². The van der Waals surface area contributed by atoms with Crippen LogP contribution in [0.1, 0.15) is 5.56 Å². The van der Waals surface area contributed by atoms with E-state index in [1.165, 1.54) is 18.3 Å². The van der Waals surface area contributed by atoms with E-state index in [1.54, 1.807) is 6.07 Å². The molecule has 4 heteroatoms. The Hall–Kier alpha value is -1.84. The number of nitrogen functional groups attached to an aromatic ring is 1. The van der Waals surface area contributed by atoms with Gasteiger partial charge >= 0.3 is 0 Å². The maximum absolute atomic E-state index is 12.9. The van der Waals surface area contributed by atoms with E-state index in [4.69, 9.17) is 16.9 Å². The zero-order valence-corrected chi connectivity index (χ0v) is 6.92. The van der Waals surface area contributed by atoms with Crippen LogP contribution in [0.2, 0.25) is 0 Å². The Kier molecular flexibility index (Phi) is 2.64. The lowest BCUT2D eigenvalue weighted by molar-refractivity contribution is 0.632. The molecule has 0 spiro atoms. The quantitative estimate of drug-likeness (QED) is 0.473. The molecule has 3 nitrogen and oxygen atoms in total. The Morgan fingerprint density at radius 1 is 1.46 bits per heavy atom. The summed E-state index contributed by atoms with van der Waals surface area (Å²) in [6.45, 7) is 0. The summed E-state index contributed by atoms with van der Waals surface area (Å²) < 4.78 is 12.9. The fraction of sp³-hybridized carbons (Fsp3) is 0. The summed E-state index contributed by atoms with van der Waals surface area (Å²) in [4.78, 5) is 0. The van der Waals surface area contributed by atoms with Crippen molar-refractivity contribution in [2.45, 2.75) is 0 Å². The van der Waals surface area contributed by atoms with Crippen LogP contribution in [0.4, 0.5) is 10.1 Å². The second-order valence-electron chi connectivity index (χ2n) is 2.50. The van der Waals surface area contributed by atoms with Crippen molar-refractivity contribution in [3.8, 4) is 0 Å². The number of allylic oxidation sites excluding steroid dienone is 1. The zero-order chi connectivity index (χ0) is 9.84. The first-order valence-electron chi connectivity index (χ1n) is 3.67. The van der Waals surface area contributed by atoms with Crippen LogP contribution < -0.4 is 11.5 Å². The molecule has 0 atom stereocenters. The summed E-state index contributed by atoms with van der Waals surface area (Å²) in [7, 11) is 0. The minimum Gasteiger partial charge on any atom is -0.404 e. The van der Waals surface area contributed by atoms with Crippen LogP contribution in [0.3, 0.4) is 0 Å². The standard InChI is InChI=1S/C9H10FN3/c10-8-3-6(1-2-9(8)13)7(4-11)5-12/h1-5,11H,12-13H2/b7-5+,11-4?. The average Bonchev–Trinajstić information content (AvgIpc) is 2.13. The zero-order valence-electron chi connectivity index (χ0n) is 6.92. The van der Waals surface area contributed by atoms with Gasteiger partial charge in [0.15, 0.2) is 0 Å². The number of halogens is 1. The fourth-order valence-electron chi connectivity index (χ4n) is 0.934. The molecule has 0 amide bonds. The number of hydrogen-bond donors (Lipinski definition) is 3. The third-order valence-electron chi connectivity index (χ3n) is 1.67. The van der Waals surface area contributed by atoms with Crippen molar-refractivity contribution in [2.24, 2.45) is 5.73 Å². The molecule has 0 fully saturated rings. The van der Waals surface area contributed by atoms with Crippen LogP contribution in [-0.4, -0.2) is 6.21 Å². The molecule has 0 radical (unpaired) electrons. The molecular formula is C9H10FN3. The number of nitrogens with one attached hydrogen (secondary N) is 1. The number of benzene rings is 1. The van der Waals surface area contributed by atoms with E-state index in [1.807, 2.05) is 0 Å². The van der Waals surface area contributed by atoms with Crippen molar-refractivity contribution in [2.75, 3.05) is 5.73 Å². The molecule has 1 aromatic rings. The Balaban J connectivity index is 3.17. The van der Waals surface area contributed by atoms with Crippen molar-refractivity contribution in [3.05, 3.63) is 35.8 Å². The van der Waals surface area contributed by atoms with Gasteiger partial charge in [0, 0.05) is 18.0 Å². The van der Waals surface area contributed by atoms with Gasteiger partial charge in [-0.25, -0.2) is 4.39 Å². The molecule has 0 bridgehead atoms. The first-order valence-corrected chi connectivity index (χ1v) is 3.67. The van der Waals surface area contributed by atoms with E-state index in [0.717, 1.165) is 6.21 Å². The Morgan fingerprint density at radius 2 is 2.15 bits per heavy atom. The van der Waals surface area contributed by atoms with Crippen molar-refractivity contribution in [3.63, 3.8) is 0 Å². The third kappa shape index (κ3) is 1.84. The highest BCUT2D eigenvalue weighted by Crippen LogP contribution is 2.17. The molecule has 0 saturated heterocycles. The van der Waals surface area contributed by atoms with Crippen molar-refractivity contribution in [1.82, 2.24) is 0 Å². The Labute approximate surface area is 75.4 Å². The lowest BCUT2D eigenvalue weighted by atomic mass is 10.1. The largest absolute Gasteiger partial charge is 0.404 e. The predicted octanol–water partition coefficient (Wildman–Crippen LogP) is 1.36. The molecule has 68 valence electrons. The topological polar surface area (TPSA) is 75.9 Å². The lowest BCUT2D eigenvalue weighted by Crippen LogP contribution is -1.95. The molecule has 0 aliphatic heterocycles. The van der Waals surface area contributed by atoms with Crippen LogP contribution in [0.25, 0.3) is 5.57 Å². The van der Waals surface area contributed by atoms with Gasteiger partial charge in [0.05, 0.1) is 5.69 Å². The van der Waals surface area contributed by atoms with E-state index in [-0.39, 0.29) is 5.69 Å². The first kappa shape index (κ1) is 9.25.